The fraction of sp³-hybridized carbons (Fsp3) is 0.571. The Morgan fingerprint density at radius 3 is 2.67 bits per heavy atom. The molecular formula is C14H20N2O2. The molecule has 0 radical (unpaired) electrons. The third kappa shape index (κ3) is 3.22. The summed E-state index contributed by atoms with van der Waals surface area (Å²) < 4.78 is 0. The molecule has 4 heteroatoms. The van der Waals surface area contributed by atoms with Gasteiger partial charge in [-0.25, -0.2) is 0 Å². The second-order valence-corrected chi connectivity index (χ2v) is 5.14. The fourth-order valence-electron chi connectivity index (χ4n) is 2.61. The maximum absolute atomic E-state index is 10.7. The van der Waals surface area contributed by atoms with Gasteiger partial charge in [-0.05, 0) is 37.3 Å². The molecule has 0 bridgehead atoms. The van der Waals surface area contributed by atoms with E-state index in [4.69, 9.17) is 0 Å². The third-order valence-corrected chi connectivity index (χ3v) is 3.73. The van der Waals surface area contributed by atoms with Crippen molar-refractivity contribution >= 4 is 11.4 Å². The molecule has 1 aliphatic carbocycles. The normalized spacial score (nSPS) is 16.5. The van der Waals surface area contributed by atoms with Crippen molar-refractivity contribution in [2.24, 2.45) is 5.92 Å². The zero-order valence-electron chi connectivity index (χ0n) is 10.8. The van der Waals surface area contributed by atoms with E-state index in [2.05, 4.69) is 5.32 Å². The largest absolute Gasteiger partial charge is 0.385 e. The van der Waals surface area contributed by atoms with Gasteiger partial charge in [0.1, 0.15) is 0 Å². The molecular weight excluding hydrogens is 228 g/mol. The van der Waals surface area contributed by atoms with E-state index in [1.165, 1.54) is 32.1 Å². The smallest absolute Gasteiger partial charge is 0.269 e. The molecule has 0 heterocycles. The number of rotatable bonds is 4. The summed E-state index contributed by atoms with van der Waals surface area (Å²) >= 11 is 0. The van der Waals surface area contributed by atoms with Crippen molar-refractivity contribution in [1.82, 2.24) is 0 Å². The quantitative estimate of drug-likeness (QED) is 0.649. The van der Waals surface area contributed by atoms with Crippen LogP contribution in [0.1, 0.15) is 37.7 Å². The van der Waals surface area contributed by atoms with Gasteiger partial charge in [-0.1, -0.05) is 19.3 Å². The molecule has 0 aliphatic heterocycles. The Labute approximate surface area is 108 Å². The van der Waals surface area contributed by atoms with Gasteiger partial charge in [-0.15, -0.1) is 0 Å². The fourth-order valence-corrected chi connectivity index (χ4v) is 2.61. The van der Waals surface area contributed by atoms with Crippen LogP contribution < -0.4 is 5.32 Å². The number of hydrogen-bond donors (Lipinski definition) is 1. The van der Waals surface area contributed by atoms with Gasteiger partial charge in [0.25, 0.3) is 5.69 Å². The Kier molecular flexibility index (Phi) is 4.18. The number of aryl methyl sites for hydroxylation is 1. The van der Waals surface area contributed by atoms with E-state index in [0.29, 0.717) is 0 Å². The standard InChI is InChI=1S/C14H20N2O2/c1-11-9-13(16(17)18)7-8-14(11)15-10-12-5-3-2-4-6-12/h7-9,12,15H,2-6,10H2,1H3. The lowest BCUT2D eigenvalue weighted by Gasteiger charge is -2.22. The predicted octanol–water partition coefficient (Wildman–Crippen LogP) is 3.90. The van der Waals surface area contributed by atoms with Gasteiger partial charge < -0.3 is 5.32 Å². The number of nitrogens with one attached hydrogen (secondary N) is 1. The first-order valence-corrected chi connectivity index (χ1v) is 6.66. The number of benzene rings is 1. The molecule has 0 saturated heterocycles. The molecule has 1 aromatic carbocycles. The molecule has 98 valence electrons. The molecule has 0 unspecified atom stereocenters. The highest BCUT2D eigenvalue weighted by Crippen LogP contribution is 2.26. The molecule has 0 aromatic heterocycles. The van der Waals surface area contributed by atoms with Crippen molar-refractivity contribution in [3.8, 4) is 0 Å². The minimum absolute atomic E-state index is 0.163. The highest BCUT2D eigenvalue weighted by Gasteiger charge is 2.14. The van der Waals surface area contributed by atoms with Gasteiger partial charge in [-0.3, -0.25) is 10.1 Å². The van der Waals surface area contributed by atoms with Crippen molar-refractivity contribution in [1.29, 1.82) is 0 Å². The Morgan fingerprint density at radius 1 is 1.33 bits per heavy atom. The van der Waals surface area contributed by atoms with Gasteiger partial charge >= 0.3 is 0 Å². The summed E-state index contributed by atoms with van der Waals surface area (Å²) in [7, 11) is 0. The maximum Gasteiger partial charge on any atom is 0.269 e. The van der Waals surface area contributed by atoms with Crippen LogP contribution in [0.15, 0.2) is 18.2 Å². The van der Waals surface area contributed by atoms with Crippen LogP contribution in [0.25, 0.3) is 0 Å². The number of nitro groups is 1. The number of nitro benzene ring substituents is 1. The van der Waals surface area contributed by atoms with Crippen LogP contribution >= 0.6 is 0 Å². The minimum Gasteiger partial charge on any atom is -0.385 e. The Morgan fingerprint density at radius 2 is 2.06 bits per heavy atom. The van der Waals surface area contributed by atoms with E-state index in [0.717, 1.165) is 23.7 Å². The summed E-state index contributed by atoms with van der Waals surface area (Å²) in [6, 6.07) is 5.01. The second-order valence-electron chi connectivity index (χ2n) is 5.14. The van der Waals surface area contributed by atoms with Crippen molar-refractivity contribution < 1.29 is 4.92 Å². The summed E-state index contributed by atoms with van der Waals surface area (Å²) in [5.41, 5.74) is 2.13. The van der Waals surface area contributed by atoms with E-state index < -0.39 is 0 Å². The predicted molar refractivity (Wildman–Crippen MR) is 72.9 cm³/mol. The number of non-ortho nitro benzene ring substituents is 1. The maximum atomic E-state index is 10.7. The topological polar surface area (TPSA) is 55.2 Å². The van der Waals surface area contributed by atoms with Crippen molar-refractivity contribution in [3.63, 3.8) is 0 Å². The molecule has 2 rings (SSSR count). The first-order chi connectivity index (χ1) is 8.66. The molecule has 18 heavy (non-hydrogen) atoms. The summed E-state index contributed by atoms with van der Waals surface area (Å²) in [6.07, 6.45) is 6.66. The SMILES string of the molecule is Cc1cc([N+](=O)[O-])ccc1NCC1CCCCC1. The van der Waals surface area contributed by atoms with Crippen molar-refractivity contribution in [2.45, 2.75) is 39.0 Å². The van der Waals surface area contributed by atoms with Crippen LogP contribution in [0, 0.1) is 23.0 Å². The van der Waals surface area contributed by atoms with Crippen LogP contribution in [0.3, 0.4) is 0 Å². The van der Waals surface area contributed by atoms with E-state index >= 15 is 0 Å². The zero-order chi connectivity index (χ0) is 13.0. The molecule has 1 saturated carbocycles. The lowest BCUT2D eigenvalue weighted by atomic mass is 9.89. The molecule has 1 aliphatic rings. The highest BCUT2D eigenvalue weighted by atomic mass is 16.6. The van der Waals surface area contributed by atoms with Crippen LogP contribution in [-0.2, 0) is 0 Å². The van der Waals surface area contributed by atoms with E-state index in [-0.39, 0.29) is 10.6 Å². The number of anilines is 1. The summed E-state index contributed by atoms with van der Waals surface area (Å²) in [6.45, 7) is 2.90. The van der Waals surface area contributed by atoms with Gasteiger partial charge in [-0.2, -0.15) is 0 Å². The summed E-state index contributed by atoms with van der Waals surface area (Å²) in [5, 5.41) is 14.1. The van der Waals surface area contributed by atoms with Gasteiger partial charge in [0.15, 0.2) is 0 Å². The molecule has 1 aromatic rings. The van der Waals surface area contributed by atoms with Crippen LogP contribution in [0.4, 0.5) is 11.4 Å². The first-order valence-electron chi connectivity index (χ1n) is 6.66. The van der Waals surface area contributed by atoms with E-state index in [1.54, 1.807) is 12.1 Å². The van der Waals surface area contributed by atoms with Gasteiger partial charge in [0.05, 0.1) is 4.92 Å². The van der Waals surface area contributed by atoms with Gasteiger partial charge in [0.2, 0.25) is 0 Å². The molecule has 0 atom stereocenters. The molecule has 0 spiro atoms. The Balaban J connectivity index is 1.94. The van der Waals surface area contributed by atoms with Crippen molar-refractivity contribution in [3.05, 3.63) is 33.9 Å². The molecule has 1 fully saturated rings. The van der Waals surface area contributed by atoms with E-state index in [1.807, 2.05) is 13.0 Å². The second kappa shape index (κ2) is 5.85. The lowest BCUT2D eigenvalue weighted by molar-refractivity contribution is -0.384. The zero-order valence-corrected chi connectivity index (χ0v) is 10.8. The van der Waals surface area contributed by atoms with Crippen molar-refractivity contribution in [2.75, 3.05) is 11.9 Å². The van der Waals surface area contributed by atoms with Crippen LogP contribution in [-0.4, -0.2) is 11.5 Å². The average Bonchev–Trinajstić information content (AvgIpc) is 2.38. The van der Waals surface area contributed by atoms with Crippen LogP contribution in [0.2, 0.25) is 0 Å². The minimum atomic E-state index is -0.349. The first kappa shape index (κ1) is 12.9. The van der Waals surface area contributed by atoms with Gasteiger partial charge in [0, 0.05) is 24.4 Å². The summed E-state index contributed by atoms with van der Waals surface area (Å²) in [4.78, 5) is 10.3. The summed E-state index contributed by atoms with van der Waals surface area (Å²) in [5.74, 6) is 0.758. The third-order valence-electron chi connectivity index (χ3n) is 3.73. The molecule has 0 amide bonds. The highest BCUT2D eigenvalue weighted by molar-refractivity contribution is 5.55. The molecule has 1 N–H and O–H groups in total. The number of nitrogens with zero attached hydrogens (tertiary/aromatic N) is 1. The Hall–Kier alpha value is -1.58. The Bertz CT molecular complexity index is 426. The molecule has 4 nitrogen and oxygen atoms in total. The number of hydrogen-bond acceptors (Lipinski definition) is 3. The average molecular weight is 248 g/mol. The monoisotopic (exact) mass is 248 g/mol. The van der Waals surface area contributed by atoms with E-state index in [9.17, 15) is 10.1 Å². The lowest BCUT2D eigenvalue weighted by Crippen LogP contribution is -2.17. The van der Waals surface area contributed by atoms with Crippen LogP contribution in [0.5, 0.6) is 0 Å².